The van der Waals surface area contributed by atoms with Crippen LogP contribution < -0.4 is 5.32 Å². The summed E-state index contributed by atoms with van der Waals surface area (Å²) < 4.78 is 10.4. The van der Waals surface area contributed by atoms with E-state index in [1.807, 2.05) is 4.90 Å². The van der Waals surface area contributed by atoms with E-state index in [9.17, 15) is 4.79 Å². The highest BCUT2D eigenvalue weighted by Gasteiger charge is 2.28. The lowest BCUT2D eigenvalue weighted by atomic mass is 10.2. The molecular weight excluding hydrogens is 270 g/mol. The second-order valence-corrected chi connectivity index (χ2v) is 5.61. The maximum Gasteiger partial charge on any atom is 0.257 e. The van der Waals surface area contributed by atoms with E-state index in [0.717, 1.165) is 58.9 Å². The number of furan rings is 1. The lowest BCUT2D eigenvalue weighted by Gasteiger charge is -2.32. The molecular formula is C15H23N3O3. The molecule has 1 amide bonds. The number of ether oxygens (including phenoxy) is 1. The Hall–Kier alpha value is -1.37. The van der Waals surface area contributed by atoms with Crippen LogP contribution in [0, 0.1) is 0 Å². The van der Waals surface area contributed by atoms with Crippen molar-refractivity contribution < 1.29 is 13.9 Å². The molecule has 6 heteroatoms. The molecule has 2 fully saturated rings. The number of hydrogen-bond donors (Lipinski definition) is 1. The highest BCUT2D eigenvalue weighted by Crippen LogP contribution is 2.14. The van der Waals surface area contributed by atoms with E-state index < -0.39 is 0 Å². The van der Waals surface area contributed by atoms with Gasteiger partial charge in [-0.3, -0.25) is 9.69 Å². The lowest BCUT2D eigenvalue weighted by Crippen LogP contribution is -2.47. The van der Waals surface area contributed by atoms with Gasteiger partial charge in [0.05, 0.1) is 25.0 Å². The summed E-state index contributed by atoms with van der Waals surface area (Å²) in [7, 11) is 0. The molecule has 0 spiro atoms. The molecule has 0 aliphatic carbocycles. The summed E-state index contributed by atoms with van der Waals surface area (Å²) in [5.41, 5.74) is 0.642. The Morgan fingerprint density at radius 1 is 1.43 bits per heavy atom. The molecule has 3 rings (SSSR count). The fourth-order valence-corrected chi connectivity index (χ4v) is 2.98. The van der Waals surface area contributed by atoms with Crippen LogP contribution in [-0.2, 0) is 4.74 Å². The third kappa shape index (κ3) is 3.64. The van der Waals surface area contributed by atoms with Crippen LogP contribution in [0.2, 0.25) is 0 Å². The minimum atomic E-state index is 0.0747. The monoisotopic (exact) mass is 293 g/mol. The summed E-state index contributed by atoms with van der Waals surface area (Å²) in [6, 6.07) is 2.03. The van der Waals surface area contributed by atoms with Crippen molar-refractivity contribution in [1.82, 2.24) is 15.1 Å². The van der Waals surface area contributed by atoms with Crippen LogP contribution in [0.1, 0.15) is 16.8 Å². The Bertz CT molecular complexity index is 437. The predicted molar refractivity (Wildman–Crippen MR) is 78.3 cm³/mol. The summed E-state index contributed by atoms with van der Waals surface area (Å²) >= 11 is 0. The van der Waals surface area contributed by atoms with E-state index in [1.165, 1.54) is 6.26 Å². The second-order valence-electron chi connectivity index (χ2n) is 5.61. The van der Waals surface area contributed by atoms with Gasteiger partial charge in [-0.25, -0.2) is 0 Å². The largest absolute Gasteiger partial charge is 0.472 e. The minimum Gasteiger partial charge on any atom is -0.472 e. The van der Waals surface area contributed by atoms with Gasteiger partial charge in [-0.05, 0) is 19.0 Å². The molecule has 1 aromatic rings. The normalized spacial score (nSPS) is 23.3. The van der Waals surface area contributed by atoms with E-state index in [1.54, 1.807) is 12.3 Å². The van der Waals surface area contributed by atoms with Crippen molar-refractivity contribution in [2.75, 3.05) is 52.5 Å². The number of carbonyl (C=O) groups is 1. The highest BCUT2D eigenvalue weighted by atomic mass is 16.5. The summed E-state index contributed by atoms with van der Waals surface area (Å²) in [6.07, 6.45) is 4.11. The Morgan fingerprint density at radius 2 is 2.29 bits per heavy atom. The molecule has 1 aromatic heterocycles. The van der Waals surface area contributed by atoms with E-state index in [-0.39, 0.29) is 11.9 Å². The number of hydrogen-bond acceptors (Lipinski definition) is 5. The Kier molecular flexibility index (Phi) is 4.90. The Labute approximate surface area is 125 Å². The molecule has 3 heterocycles. The van der Waals surface area contributed by atoms with Gasteiger partial charge >= 0.3 is 0 Å². The summed E-state index contributed by atoms with van der Waals surface area (Å²) in [6.45, 7) is 7.03. The SMILES string of the molecule is O=C(c1ccoc1)N(CCN1CCOCC1)C1CCNC1. The number of carbonyl (C=O) groups excluding carboxylic acids is 1. The number of nitrogens with one attached hydrogen (secondary N) is 1. The zero-order valence-corrected chi connectivity index (χ0v) is 12.3. The molecule has 1 unspecified atom stereocenters. The molecule has 0 bridgehead atoms. The van der Waals surface area contributed by atoms with Gasteiger partial charge in [0.2, 0.25) is 0 Å². The van der Waals surface area contributed by atoms with Crippen LogP contribution in [0.4, 0.5) is 0 Å². The van der Waals surface area contributed by atoms with Gasteiger partial charge in [-0.15, -0.1) is 0 Å². The van der Waals surface area contributed by atoms with Gasteiger partial charge in [0.1, 0.15) is 6.26 Å². The maximum absolute atomic E-state index is 12.7. The van der Waals surface area contributed by atoms with Gasteiger partial charge in [-0.2, -0.15) is 0 Å². The molecule has 1 N–H and O–H groups in total. The van der Waals surface area contributed by atoms with Crippen molar-refractivity contribution in [3.05, 3.63) is 24.2 Å². The Balaban J connectivity index is 1.62. The van der Waals surface area contributed by atoms with Crippen molar-refractivity contribution in [2.45, 2.75) is 12.5 Å². The molecule has 0 aromatic carbocycles. The van der Waals surface area contributed by atoms with Crippen LogP contribution in [0.15, 0.2) is 23.0 Å². The Morgan fingerprint density at radius 3 is 2.95 bits per heavy atom. The van der Waals surface area contributed by atoms with Crippen LogP contribution >= 0.6 is 0 Å². The fourth-order valence-electron chi connectivity index (χ4n) is 2.98. The zero-order valence-electron chi connectivity index (χ0n) is 12.3. The van der Waals surface area contributed by atoms with E-state index in [2.05, 4.69) is 10.2 Å². The van der Waals surface area contributed by atoms with E-state index in [0.29, 0.717) is 5.56 Å². The number of rotatable bonds is 5. The average Bonchev–Trinajstić information content (AvgIpc) is 3.22. The summed E-state index contributed by atoms with van der Waals surface area (Å²) in [4.78, 5) is 17.0. The third-order valence-corrected chi connectivity index (χ3v) is 4.26. The number of amides is 1. The van der Waals surface area contributed by atoms with E-state index >= 15 is 0 Å². The van der Waals surface area contributed by atoms with Gasteiger partial charge in [0, 0.05) is 38.8 Å². The first kappa shape index (κ1) is 14.6. The molecule has 116 valence electrons. The van der Waals surface area contributed by atoms with Crippen LogP contribution in [0.5, 0.6) is 0 Å². The minimum absolute atomic E-state index is 0.0747. The first-order chi connectivity index (χ1) is 10.3. The second kappa shape index (κ2) is 7.06. The molecule has 2 aliphatic rings. The standard InChI is InChI=1S/C15H23N3O3/c19-15(13-2-8-21-12-13)18(14-1-3-16-11-14)5-4-17-6-9-20-10-7-17/h2,8,12,14,16H,1,3-7,9-11H2. The summed E-state index contributed by atoms with van der Waals surface area (Å²) in [5.74, 6) is 0.0747. The zero-order chi connectivity index (χ0) is 14.5. The van der Waals surface area contributed by atoms with Crippen molar-refractivity contribution in [2.24, 2.45) is 0 Å². The number of nitrogens with zero attached hydrogens (tertiary/aromatic N) is 2. The van der Waals surface area contributed by atoms with Crippen LogP contribution in [0.3, 0.4) is 0 Å². The van der Waals surface area contributed by atoms with Gasteiger partial charge in [-0.1, -0.05) is 0 Å². The molecule has 2 saturated heterocycles. The van der Waals surface area contributed by atoms with Crippen LogP contribution in [0.25, 0.3) is 0 Å². The van der Waals surface area contributed by atoms with E-state index in [4.69, 9.17) is 9.15 Å². The molecule has 6 nitrogen and oxygen atoms in total. The third-order valence-electron chi connectivity index (χ3n) is 4.26. The lowest BCUT2D eigenvalue weighted by molar-refractivity contribution is 0.0301. The van der Waals surface area contributed by atoms with Crippen molar-refractivity contribution in [3.8, 4) is 0 Å². The van der Waals surface area contributed by atoms with Crippen molar-refractivity contribution >= 4 is 5.91 Å². The molecule has 2 aliphatic heterocycles. The van der Waals surface area contributed by atoms with Crippen molar-refractivity contribution in [3.63, 3.8) is 0 Å². The van der Waals surface area contributed by atoms with Crippen LogP contribution in [-0.4, -0.2) is 74.2 Å². The van der Waals surface area contributed by atoms with Gasteiger partial charge in [0.25, 0.3) is 5.91 Å². The topological polar surface area (TPSA) is 58.0 Å². The molecule has 0 saturated carbocycles. The highest BCUT2D eigenvalue weighted by molar-refractivity contribution is 5.94. The van der Waals surface area contributed by atoms with Gasteiger partial charge < -0.3 is 19.4 Å². The first-order valence-corrected chi connectivity index (χ1v) is 7.68. The predicted octanol–water partition coefficient (Wildman–Crippen LogP) is 0.416. The summed E-state index contributed by atoms with van der Waals surface area (Å²) in [5, 5.41) is 3.34. The smallest absolute Gasteiger partial charge is 0.257 e. The number of morpholine rings is 1. The van der Waals surface area contributed by atoms with Gasteiger partial charge in [0.15, 0.2) is 0 Å². The maximum atomic E-state index is 12.7. The average molecular weight is 293 g/mol. The fraction of sp³-hybridized carbons (Fsp3) is 0.667. The van der Waals surface area contributed by atoms with Crippen molar-refractivity contribution in [1.29, 1.82) is 0 Å². The first-order valence-electron chi connectivity index (χ1n) is 7.68. The molecule has 0 radical (unpaired) electrons. The molecule has 1 atom stereocenters. The quantitative estimate of drug-likeness (QED) is 0.852. The molecule has 21 heavy (non-hydrogen) atoms.